The molecule has 1 aliphatic heterocycles. The molecular weight excluding hydrogens is 304 g/mol. The van der Waals surface area contributed by atoms with E-state index in [4.69, 9.17) is 5.26 Å². The molecule has 0 fully saturated rings. The van der Waals surface area contributed by atoms with Gasteiger partial charge < -0.3 is 10.4 Å². The first-order chi connectivity index (χ1) is 10.3. The smallest absolute Gasteiger partial charge is 0.383 e. The maximum atomic E-state index is 13.5. The zero-order chi connectivity index (χ0) is 16.1. The molecule has 1 aliphatic rings. The Bertz CT molecular complexity index is 777. The number of aliphatic hydroxyl groups is 1. The van der Waals surface area contributed by atoms with E-state index in [-0.39, 0.29) is 17.1 Å². The Morgan fingerprint density at radius 2 is 2.09 bits per heavy atom. The molecule has 0 bridgehead atoms. The number of nitrogens with one attached hydrogen (secondary N) is 1. The SMILES string of the molecule is N#Cc1cccc(-n2nc(C(F)(F)F)c3c2NC(F)C3O)c1. The van der Waals surface area contributed by atoms with Crippen LogP contribution in [0.5, 0.6) is 0 Å². The molecule has 9 heteroatoms. The highest BCUT2D eigenvalue weighted by molar-refractivity contribution is 5.60. The zero-order valence-corrected chi connectivity index (χ0v) is 10.8. The van der Waals surface area contributed by atoms with Crippen LogP contribution in [0.25, 0.3) is 5.69 Å². The van der Waals surface area contributed by atoms with Crippen molar-refractivity contribution >= 4 is 5.82 Å². The number of aliphatic hydroxyl groups excluding tert-OH is 1. The van der Waals surface area contributed by atoms with E-state index in [0.717, 1.165) is 4.68 Å². The third kappa shape index (κ3) is 2.08. The topological polar surface area (TPSA) is 73.9 Å². The number of hydrogen-bond acceptors (Lipinski definition) is 4. The second kappa shape index (κ2) is 4.71. The lowest BCUT2D eigenvalue weighted by molar-refractivity contribution is -0.143. The number of nitrogens with zero attached hydrogens (tertiary/aromatic N) is 3. The Kier molecular flexibility index (Phi) is 3.07. The fourth-order valence-electron chi connectivity index (χ4n) is 2.31. The normalized spacial score (nSPS) is 20.4. The van der Waals surface area contributed by atoms with Crippen LogP contribution in [0.3, 0.4) is 0 Å². The van der Waals surface area contributed by atoms with E-state index in [0.29, 0.717) is 0 Å². The lowest BCUT2D eigenvalue weighted by Gasteiger charge is -2.10. The summed E-state index contributed by atoms with van der Waals surface area (Å²) in [5, 5.41) is 24.0. The van der Waals surface area contributed by atoms with Crippen LogP contribution in [0.1, 0.15) is 22.9 Å². The lowest BCUT2D eigenvalue weighted by atomic mass is 10.1. The standard InChI is InChI=1S/C13H8F4N4O/c14-11-9(22)8-10(13(15,16)17)20-21(12(8)19-11)7-3-1-2-6(4-7)5-18/h1-4,9,11,19,22H. The monoisotopic (exact) mass is 312 g/mol. The van der Waals surface area contributed by atoms with E-state index in [9.17, 15) is 22.7 Å². The predicted molar refractivity (Wildman–Crippen MR) is 66.8 cm³/mol. The predicted octanol–water partition coefficient (Wildman–Crippen LogP) is 2.52. The Balaban J connectivity index is 2.22. The van der Waals surface area contributed by atoms with Crippen LogP contribution in [-0.4, -0.2) is 21.2 Å². The first kappa shape index (κ1) is 14.3. The van der Waals surface area contributed by atoms with Crippen LogP contribution in [0.2, 0.25) is 0 Å². The molecule has 2 unspecified atom stereocenters. The van der Waals surface area contributed by atoms with Crippen molar-refractivity contribution in [3.05, 3.63) is 41.1 Å². The minimum atomic E-state index is -4.84. The Hall–Kier alpha value is -2.60. The lowest BCUT2D eigenvalue weighted by Crippen LogP contribution is -2.19. The number of nitriles is 1. The molecule has 1 aromatic carbocycles. The second-order valence-corrected chi connectivity index (χ2v) is 4.67. The van der Waals surface area contributed by atoms with Crippen LogP contribution in [0, 0.1) is 11.3 Å². The van der Waals surface area contributed by atoms with Gasteiger partial charge >= 0.3 is 6.18 Å². The van der Waals surface area contributed by atoms with Crippen LogP contribution in [0.4, 0.5) is 23.4 Å². The minimum Gasteiger partial charge on any atom is -0.383 e. The average molecular weight is 312 g/mol. The van der Waals surface area contributed by atoms with E-state index in [1.165, 1.54) is 24.3 Å². The summed E-state index contributed by atoms with van der Waals surface area (Å²) in [5.74, 6) is -0.276. The molecule has 114 valence electrons. The number of benzene rings is 1. The molecule has 2 atom stereocenters. The number of anilines is 1. The van der Waals surface area contributed by atoms with Crippen LogP contribution < -0.4 is 5.32 Å². The van der Waals surface area contributed by atoms with Crippen molar-refractivity contribution in [2.75, 3.05) is 5.32 Å². The van der Waals surface area contributed by atoms with Gasteiger partial charge in [0.2, 0.25) is 6.30 Å². The largest absolute Gasteiger partial charge is 0.435 e. The van der Waals surface area contributed by atoms with Gasteiger partial charge in [-0.25, -0.2) is 9.07 Å². The Morgan fingerprint density at radius 1 is 1.36 bits per heavy atom. The number of hydrogen-bond donors (Lipinski definition) is 2. The summed E-state index contributed by atoms with van der Waals surface area (Å²) in [7, 11) is 0. The molecule has 2 N–H and O–H groups in total. The van der Waals surface area contributed by atoms with Crippen LogP contribution in [-0.2, 0) is 6.18 Å². The molecule has 5 nitrogen and oxygen atoms in total. The number of halogens is 4. The first-order valence-corrected chi connectivity index (χ1v) is 6.12. The van der Waals surface area contributed by atoms with Crippen molar-refractivity contribution in [1.29, 1.82) is 5.26 Å². The number of alkyl halides is 4. The van der Waals surface area contributed by atoms with Gasteiger partial charge in [-0.3, -0.25) is 0 Å². The quantitative estimate of drug-likeness (QED) is 0.627. The summed E-state index contributed by atoms with van der Waals surface area (Å²) < 4.78 is 53.5. The molecule has 2 aromatic rings. The van der Waals surface area contributed by atoms with Gasteiger partial charge in [-0.05, 0) is 18.2 Å². The molecule has 22 heavy (non-hydrogen) atoms. The molecule has 1 aromatic heterocycles. The van der Waals surface area contributed by atoms with Gasteiger partial charge in [0.1, 0.15) is 11.9 Å². The van der Waals surface area contributed by atoms with Gasteiger partial charge in [0.15, 0.2) is 5.69 Å². The van der Waals surface area contributed by atoms with Gasteiger partial charge in [-0.2, -0.15) is 23.5 Å². The molecule has 2 heterocycles. The third-order valence-corrected chi connectivity index (χ3v) is 3.26. The van der Waals surface area contributed by atoms with Crippen molar-refractivity contribution in [3.8, 4) is 11.8 Å². The summed E-state index contributed by atoms with van der Waals surface area (Å²) >= 11 is 0. The van der Waals surface area contributed by atoms with Gasteiger partial charge in [0.05, 0.1) is 22.9 Å². The second-order valence-electron chi connectivity index (χ2n) is 4.67. The molecule has 0 aliphatic carbocycles. The molecule has 0 radical (unpaired) electrons. The minimum absolute atomic E-state index is 0.152. The highest BCUT2D eigenvalue weighted by Crippen LogP contribution is 2.44. The summed E-state index contributed by atoms with van der Waals surface area (Å²) in [6.07, 6.45) is -8.85. The highest BCUT2D eigenvalue weighted by Gasteiger charge is 2.46. The van der Waals surface area contributed by atoms with Crippen molar-refractivity contribution in [2.45, 2.75) is 18.6 Å². The van der Waals surface area contributed by atoms with Crippen molar-refractivity contribution in [3.63, 3.8) is 0 Å². The fourth-order valence-corrected chi connectivity index (χ4v) is 2.31. The molecule has 0 spiro atoms. The number of fused-ring (bicyclic) bond motifs is 1. The third-order valence-electron chi connectivity index (χ3n) is 3.26. The maximum absolute atomic E-state index is 13.5. The Labute approximate surface area is 121 Å². The summed E-state index contributed by atoms with van der Waals surface area (Å²) in [4.78, 5) is 0. The summed E-state index contributed by atoms with van der Waals surface area (Å²) in [6.45, 7) is 0. The van der Waals surface area contributed by atoms with Gasteiger partial charge in [-0.15, -0.1) is 0 Å². The molecule has 0 saturated carbocycles. The number of rotatable bonds is 1. The zero-order valence-electron chi connectivity index (χ0n) is 10.8. The van der Waals surface area contributed by atoms with Crippen LogP contribution >= 0.6 is 0 Å². The number of aromatic nitrogens is 2. The van der Waals surface area contributed by atoms with E-state index >= 15 is 0 Å². The average Bonchev–Trinajstić information content (AvgIpc) is 2.97. The highest BCUT2D eigenvalue weighted by atomic mass is 19.4. The van der Waals surface area contributed by atoms with Gasteiger partial charge in [0, 0.05) is 0 Å². The van der Waals surface area contributed by atoms with Gasteiger partial charge in [-0.1, -0.05) is 6.07 Å². The molecular formula is C13H8F4N4O. The molecule has 3 rings (SSSR count). The molecule has 0 amide bonds. The van der Waals surface area contributed by atoms with Crippen molar-refractivity contribution in [2.24, 2.45) is 0 Å². The van der Waals surface area contributed by atoms with E-state index in [1.807, 2.05) is 6.07 Å². The molecule has 0 saturated heterocycles. The maximum Gasteiger partial charge on any atom is 0.435 e. The Morgan fingerprint density at radius 3 is 2.73 bits per heavy atom. The first-order valence-electron chi connectivity index (χ1n) is 6.12. The summed E-state index contributed by atoms with van der Waals surface area (Å²) in [6, 6.07) is 7.53. The fraction of sp³-hybridized carbons (Fsp3) is 0.231. The van der Waals surface area contributed by atoms with Gasteiger partial charge in [0.25, 0.3) is 0 Å². The van der Waals surface area contributed by atoms with Crippen molar-refractivity contribution < 1.29 is 22.7 Å². The summed E-state index contributed by atoms with van der Waals surface area (Å²) in [5.41, 5.74) is -1.63. The van der Waals surface area contributed by atoms with E-state index < -0.39 is 29.8 Å². The van der Waals surface area contributed by atoms with Crippen molar-refractivity contribution in [1.82, 2.24) is 9.78 Å². The van der Waals surface area contributed by atoms with Crippen LogP contribution in [0.15, 0.2) is 24.3 Å². The van der Waals surface area contributed by atoms with E-state index in [2.05, 4.69) is 10.4 Å². The van der Waals surface area contributed by atoms with E-state index in [1.54, 1.807) is 0 Å².